The van der Waals surface area contributed by atoms with E-state index in [4.69, 9.17) is 28.7 Å². The molecule has 0 spiro atoms. The Kier molecular flexibility index (Phi) is 4.88. The number of rotatable bonds is 3. The van der Waals surface area contributed by atoms with E-state index in [0.29, 0.717) is 28.8 Å². The van der Waals surface area contributed by atoms with Crippen LogP contribution in [0, 0.1) is 6.92 Å². The molecule has 6 nitrogen and oxygen atoms in total. The number of amides is 1. The van der Waals surface area contributed by atoms with Crippen LogP contribution in [0.5, 0.6) is 0 Å². The molecule has 3 aromatic heterocycles. The topological polar surface area (TPSA) is 97.3 Å². The van der Waals surface area contributed by atoms with Crippen LogP contribution in [0.25, 0.3) is 20.7 Å². The van der Waals surface area contributed by atoms with Crippen molar-refractivity contribution in [2.45, 2.75) is 20.0 Å². The van der Waals surface area contributed by atoms with Crippen LogP contribution in [0.2, 0.25) is 0 Å². The molecule has 0 saturated carbocycles. The molecule has 5 rings (SSSR count). The average Bonchev–Trinajstić information content (AvgIpc) is 3.47. The van der Waals surface area contributed by atoms with Gasteiger partial charge in [-0.1, -0.05) is 23.8 Å². The molecule has 4 aromatic rings. The summed E-state index contributed by atoms with van der Waals surface area (Å²) in [6, 6.07) is 12.2. The number of aryl methyl sites for hydroxylation is 1. The molecular weight excluding hydrogens is 446 g/mol. The minimum absolute atomic E-state index is 0.359. The van der Waals surface area contributed by atoms with Gasteiger partial charge in [0.1, 0.15) is 9.71 Å². The number of carbonyl (C=O) groups is 1. The van der Waals surface area contributed by atoms with Crippen LogP contribution in [0.3, 0.4) is 0 Å². The van der Waals surface area contributed by atoms with Gasteiger partial charge in [0.25, 0.3) is 5.91 Å². The summed E-state index contributed by atoms with van der Waals surface area (Å²) < 4.78 is 0. The zero-order valence-corrected chi connectivity index (χ0v) is 19.1. The van der Waals surface area contributed by atoms with E-state index in [1.165, 1.54) is 16.9 Å². The van der Waals surface area contributed by atoms with Crippen LogP contribution in [0.4, 0.5) is 11.4 Å². The molecule has 0 bridgehead atoms. The third-order valence-electron chi connectivity index (χ3n) is 5.33. The minimum Gasteiger partial charge on any atom is -0.397 e. The molecule has 9 heteroatoms. The lowest BCUT2D eigenvalue weighted by Crippen LogP contribution is -2.30. The van der Waals surface area contributed by atoms with E-state index in [1.807, 2.05) is 35.7 Å². The number of nitrogens with zero attached hydrogens (tertiary/aromatic N) is 2. The zero-order chi connectivity index (χ0) is 21.7. The third kappa shape index (κ3) is 3.44. The molecule has 1 aliphatic rings. The lowest BCUT2D eigenvalue weighted by molar-refractivity contribution is 0.100. The number of hydrogen-bond donors (Lipinski definition) is 3. The fourth-order valence-corrected chi connectivity index (χ4v) is 5.85. The van der Waals surface area contributed by atoms with E-state index in [0.717, 1.165) is 37.6 Å². The summed E-state index contributed by atoms with van der Waals surface area (Å²) in [7, 11) is 0. The van der Waals surface area contributed by atoms with Crippen molar-refractivity contribution in [3.05, 3.63) is 63.5 Å². The number of hydrogen-bond acceptors (Lipinski definition) is 6. The summed E-state index contributed by atoms with van der Waals surface area (Å²) in [4.78, 5) is 21.0. The number of nitrogens with one attached hydrogen (secondary N) is 1. The fraction of sp³-hybridized carbons (Fsp3) is 0.136. The maximum Gasteiger partial charge on any atom is 0.260 e. The molecule has 1 aromatic carbocycles. The van der Waals surface area contributed by atoms with Crippen molar-refractivity contribution in [1.29, 1.82) is 0 Å². The molecule has 156 valence electrons. The van der Waals surface area contributed by atoms with E-state index in [1.54, 1.807) is 11.3 Å². The number of thiocarbonyl (C=S) groups is 1. The Morgan fingerprint density at radius 2 is 2.00 bits per heavy atom. The summed E-state index contributed by atoms with van der Waals surface area (Å²) in [5.41, 5.74) is 17.5. The van der Waals surface area contributed by atoms with Crippen LogP contribution in [-0.4, -0.2) is 20.9 Å². The molecule has 0 fully saturated rings. The first-order valence-electron chi connectivity index (χ1n) is 9.62. The molecule has 0 radical (unpaired) electrons. The molecule has 1 amide bonds. The quantitative estimate of drug-likeness (QED) is 0.379. The van der Waals surface area contributed by atoms with E-state index in [-0.39, 0.29) is 0 Å². The summed E-state index contributed by atoms with van der Waals surface area (Å²) in [5.74, 6) is -0.525. The number of nitrogen functional groups attached to an aromatic ring is 1. The molecule has 31 heavy (non-hydrogen) atoms. The van der Waals surface area contributed by atoms with Gasteiger partial charge in [0.2, 0.25) is 0 Å². The molecule has 5 N–H and O–H groups in total. The smallest absolute Gasteiger partial charge is 0.260 e. The van der Waals surface area contributed by atoms with Crippen LogP contribution < -0.4 is 16.8 Å². The highest BCUT2D eigenvalue weighted by Crippen LogP contribution is 2.45. The lowest BCUT2D eigenvalue weighted by atomic mass is 10.0. The lowest BCUT2D eigenvalue weighted by Gasteiger charge is -2.19. The molecule has 0 saturated heterocycles. The highest BCUT2D eigenvalue weighted by atomic mass is 32.1. The van der Waals surface area contributed by atoms with Gasteiger partial charge >= 0.3 is 0 Å². The summed E-state index contributed by atoms with van der Waals surface area (Å²) in [5, 5.41) is 6.80. The van der Waals surface area contributed by atoms with E-state index in [9.17, 15) is 4.79 Å². The standard InChI is InChI=1S/C22H19N5OS3/c1-11-4-6-12(7-5-11)25-22(29)27-9-13-14(10-27)26-21-17(16(13)15-3-2-8-30-15)18(23)19(31-21)20(24)28/h2-8H,9-10,23H2,1H3,(H2,24,28)(H,25,29). The number of benzene rings is 1. The van der Waals surface area contributed by atoms with Crippen molar-refractivity contribution in [2.75, 3.05) is 11.1 Å². The Hall–Kier alpha value is -3.01. The SMILES string of the molecule is Cc1ccc(NC(=S)N2Cc3nc4sc(C(N)=O)c(N)c4c(-c4cccs4)c3C2)cc1. The van der Waals surface area contributed by atoms with Gasteiger partial charge in [-0.15, -0.1) is 22.7 Å². The van der Waals surface area contributed by atoms with Gasteiger partial charge in [0, 0.05) is 33.6 Å². The molecule has 0 aliphatic carbocycles. The number of anilines is 2. The Morgan fingerprint density at radius 1 is 1.23 bits per heavy atom. The number of pyridine rings is 1. The second kappa shape index (κ2) is 7.60. The number of fused-ring (bicyclic) bond motifs is 2. The number of nitrogens with two attached hydrogens (primary N) is 2. The van der Waals surface area contributed by atoms with E-state index < -0.39 is 5.91 Å². The van der Waals surface area contributed by atoms with Gasteiger partial charge in [-0.25, -0.2) is 4.98 Å². The second-order valence-electron chi connectivity index (χ2n) is 7.43. The van der Waals surface area contributed by atoms with Gasteiger partial charge in [-0.05, 0) is 42.7 Å². The molecule has 0 unspecified atom stereocenters. The first kappa shape index (κ1) is 19.9. The van der Waals surface area contributed by atoms with Crippen LogP contribution in [0.15, 0.2) is 41.8 Å². The van der Waals surface area contributed by atoms with Crippen molar-refractivity contribution in [3.63, 3.8) is 0 Å². The van der Waals surface area contributed by atoms with E-state index >= 15 is 0 Å². The number of thiophene rings is 2. The fourth-order valence-electron chi connectivity index (χ4n) is 3.82. The van der Waals surface area contributed by atoms with Gasteiger partial charge in [0.15, 0.2) is 5.11 Å². The highest BCUT2D eigenvalue weighted by molar-refractivity contribution is 7.80. The summed E-state index contributed by atoms with van der Waals surface area (Å²) >= 11 is 8.58. The van der Waals surface area contributed by atoms with Crippen molar-refractivity contribution in [3.8, 4) is 10.4 Å². The van der Waals surface area contributed by atoms with Gasteiger partial charge in [-0.2, -0.15) is 0 Å². The maximum atomic E-state index is 11.9. The molecule has 4 heterocycles. The van der Waals surface area contributed by atoms with Crippen molar-refractivity contribution < 1.29 is 4.79 Å². The Labute approximate surface area is 192 Å². The predicted octanol–water partition coefficient (Wildman–Crippen LogP) is 4.73. The largest absolute Gasteiger partial charge is 0.397 e. The van der Waals surface area contributed by atoms with Gasteiger partial charge in [-0.3, -0.25) is 4.79 Å². The number of carbonyl (C=O) groups excluding carboxylic acids is 1. The van der Waals surface area contributed by atoms with Gasteiger partial charge < -0.3 is 21.7 Å². The Morgan fingerprint density at radius 3 is 2.68 bits per heavy atom. The molecule has 1 aliphatic heterocycles. The van der Waals surface area contributed by atoms with Crippen molar-refractivity contribution in [1.82, 2.24) is 9.88 Å². The Bertz CT molecular complexity index is 1330. The zero-order valence-electron chi connectivity index (χ0n) is 16.6. The van der Waals surface area contributed by atoms with Gasteiger partial charge in [0.05, 0.1) is 17.9 Å². The first-order chi connectivity index (χ1) is 14.9. The molecular formula is C22H19N5OS3. The highest BCUT2D eigenvalue weighted by Gasteiger charge is 2.30. The van der Waals surface area contributed by atoms with Crippen LogP contribution >= 0.6 is 34.9 Å². The predicted molar refractivity (Wildman–Crippen MR) is 133 cm³/mol. The average molecular weight is 466 g/mol. The summed E-state index contributed by atoms with van der Waals surface area (Å²) in [6.07, 6.45) is 0. The third-order valence-corrected chi connectivity index (χ3v) is 7.70. The van der Waals surface area contributed by atoms with Crippen LogP contribution in [0.1, 0.15) is 26.5 Å². The number of primary amides is 1. The van der Waals surface area contributed by atoms with Crippen molar-refractivity contribution in [2.24, 2.45) is 5.73 Å². The molecule has 0 atom stereocenters. The van der Waals surface area contributed by atoms with E-state index in [2.05, 4.69) is 23.2 Å². The maximum absolute atomic E-state index is 11.9. The second-order valence-corrected chi connectivity index (χ2v) is 9.76. The normalized spacial score (nSPS) is 12.9. The monoisotopic (exact) mass is 465 g/mol. The minimum atomic E-state index is -0.525. The Balaban J connectivity index is 1.56. The summed E-state index contributed by atoms with van der Waals surface area (Å²) in [6.45, 7) is 3.26. The number of aromatic nitrogens is 1. The van der Waals surface area contributed by atoms with Crippen LogP contribution in [-0.2, 0) is 13.1 Å². The first-order valence-corrected chi connectivity index (χ1v) is 11.7. The van der Waals surface area contributed by atoms with Crippen molar-refractivity contribution >= 4 is 67.5 Å².